The Kier molecular flexibility index (Phi) is 6.17. The van der Waals surface area contributed by atoms with Gasteiger partial charge in [0.25, 0.3) is 5.91 Å². The zero-order valence-electron chi connectivity index (χ0n) is 13.2. The molecule has 7 heteroatoms. The van der Waals surface area contributed by atoms with Crippen molar-refractivity contribution in [1.29, 1.82) is 0 Å². The van der Waals surface area contributed by atoms with Crippen molar-refractivity contribution in [2.75, 3.05) is 30.9 Å². The average Bonchev–Trinajstić information content (AvgIpc) is 2.59. The molecule has 0 spiro atoms. The van der Waals surface area contributed by atoms with E-state index in [-0.39, 0.29) is 12.5 Å². The molecule has 122 valence electrons. The highest BCUT2D eigenvalue weighted by molar-refractivity contribution is 5.90. The van der Waals surface area contributed by atoms with Crippen LogP contribution in [0, 0.1) is 0 Å². The van der Waals surface area contributed by atoms with Crippen LogP contribution in [0.5, 0.6) is 11.5 Å². The predicted molar refractivity (Wildman–Crippen MR) is 87.9 cm³/mol. The van der Waals surface area contributed by atoms with E-state index in [0.717, 1.165) is 13.0 Å². The standard InChI is InChI=1S/C16H20N4O3/c1-3-10-17-14-8-9-15(20-19-14)18-16(21)11-23-13-7-5-4-6-12(13)22-2/h4-9H,3,10-11H2,1-2H3,(H,17,19)(H,18,20,21). The number of anilines is 2. The number of benzene rings is 1. The molecule has 2 aromatic rings. The molecule has 2 rings (SSSR count). The molecule has 1 heterocycles. The van der Waals surface area contributed by atoms with Gasteiger partial charge in [-0.2, -0.15) is 0 Å². The largest absolute Gasteiger partial charge is 0.493 e. The second kappa shape index (κ2) is 8.57. The van der Waals surface area contributed by atoms with Crippen molar-refractivity contribution in [3.05, 3.63) is 36.4 Å². The van der Waals surface area contributed by atoms with Gasteiger partial charge in [-0.25, -0.2) is 0 Å². The molecule has 0 unspecified atom stereocenters. The number of hydrogen-bond donors (Lipinski definition) is 2. The molecule has 0 aliphatic heterocycles. The van der Waals surface area contributed by atoms with E-state index in [1.165, 1.54) is 0 Å². The highest BCUT2D eigenvalue weighted by Crippen LogP contribution is 2.25. The molecule has 0 fully saturated rings. The molecule has 7 nitrogen and oxygen atoms in total. The van der Waals surface area contributed by atoms with Gasteiger partial charge in [-0.3, -0.25) is 4.79 Å². The summed E-state index contributed by atoms with van der Waals surface area (Å²) in [5.41, 5.74) is 0. The van der Waals surface area contributed by atoms with Crippen LogP contribution < -0.4 is 20.1 Å². The number of hydrogen-bond acceptors (Lipinski definition) is 6. The Morgan fingerprint density at radius 2 is 1.78 bits per heavy atom. The lowest BCUT2D eigenvalue weighted by Gasteiger charge is -2.10. The number of rotatable bonds is 8. The van der Waals surface area contributed by atoms with E-state index in [1.807, 2.05) is 12.1 Å². The van der Waals surface area contributed by atoms with Crippen LogP contribution in [-0.2, 0) is 4.79 Å². The van der Waals surface area contributed by atoms with Gasteiger partial charge in [0.2, 0.25) is 0 Å². The minimum absolute atomic E-state index is 0.141. The minimum Gasteiger partial charge on any atom is -0.493 e. The lowest BCUT2D eigenvalue weighted by molar-refractivity contribution is -0.118. The Hall–Kier alpha value is -2.83. The molecule has 0 saturated heterocycles. The fourth-order valence-corrected chi connectivity index (χ4v) is 1.81. The van der Waals surface area contributed by atoms with Gasteiger partial charge in [0.05, 0.1) is 7.11 Å². The first kappa shape index (κ1) is 16.5. The zero-order chi connectivity index (χ0) is 16.5. The van der Waals surface area contributed by atoms with Crippen LogP contribution in [0.25, 0.3) is 0 Å². The number of nitrogens with one attached hydrogen (secondary N) is 2. The quantitative estimate of drug-likeness (QED) is 0.777. The van der Waals surface area contributed by atoms with Gasteiger partial charge < -0.3 is 20.1 Å². The van der Waals surface area contributed by atoms with Crippen LogP contribution in [0.3, 0.4) is 0 Å². The summed E-state index contributed by atoms with van der Waals surface area (Å²) in [4.78, 5) is 11.9. The predicted octanol–water partition coefficient (Wildman–Crippen LogP) is 2.32. The molecule has 1 aromatic heterocycles. The molecule has 2 N–H and O–H groups in total. The maximum Gasteiger partial charge on any atom is 0.263 e. The number of para-hydroxylation sites is 2. The number of methoxy groups -OCH3 is 1. The summed E-state index contributed by atoms with van der Waals surface area (Å²) in [7, 11) is 1.55. The van der Waals surface area contributed by atoms with Gasteiger partial charge in [0.1, 0.15) is 5.82 Å². The Bertz CT molecular complexity index is 631. The van der Waals surface area contributed by atoms with Gasteiger partial charge in [-0.15, -0.1) is 10.2 Å². The lowest BCUT2D eigenvalue weighted by Crippen LogP contribution is -2.21. The number of amides is 1. The number of carbonyl (C=O) groups excluding carboxylic acids is 1. The third kappa shape index (κ3) is 5.14. The summed E-state index contributed by atoms with van der Waals surface area (Å²) in [6.45, 7) is 2.75. The molecule has 0 saturated carbocycles. The number of carbonyl (C=O) groups is 1. The highest BCUT2D eigenvalue weighted by Gasteiger charge is 2.08. The Balaban J connectivity index is 1.84. The average molecular weight is 316 g/mol. The van der Waals surface area contributed by atoms with E-state index in [0.29, 0.717) is 23.1 Å². The summed E-state index contributed by atoms with van der Waals surface area (Å²) in [5.74, 6) is 1.82. The van der Waals surface area contributed by atoms with Crippen molar-refractivity contribution < 1.29 is 14.3 Å². The summed E-state index contributed by atoms with van der Waals surface area (Å²) in [6.07, 6.45) is 1.00. The van der Waals surface area contributed by atoms with Crippen molar-refractivity contribution in [3.63, 3.8) is 0 Å². The van der Waals surface area contributed by atoms with Crippen molar-refractivity contribution in [1.82, 2.24) is 10.2 Å². The van der Waals surface area contributed by atoms with E-state index in [1.54, 1.807) is 31.4 Å². The molecular weight excluding hydrogens is 296 g/mol. The molecule has 1 amide bonds. The molecule has 0 radical (unpaired) electrons. The van der Waals surface area contributed by atoms with Crippen LogP contribution in [-0.4, -0.2) is 36.4 Å². The molecular formula is C16H20N4O3. The SMILES string of the molecule is CCCNc1ccc(NC(=O)COc2ccccc2OC)nn1. The third-order valence-corrected chi connectivity index (χ3v) is 2.92. The summed E-state index contributed by atoms with van der Waals surface area (Å²) in [6, 6.07) is 10.6. The first-order valence-corrected chi connectivity index (χ1v) is 7.36. The summed E-state index contributed by atoms with van der Waals surface area (Å²) >= 11 is 0. The van der Waals surface area contributed by atoms with Crippen LogP contribution in [0.4, 0.5) is 11.6 Å². The topological polar surface area (TPSA) is 85.4 Å². The highest BCUT2D eigenvalue weighted by atomic mass is 16.5. The van der Waals surface area contributed by atoms with Crippen LogP contribution in [0.1, 0.15) is 13.3 Å². The monoisotopic (exact) mass is 316 g/mol. The van der Waals surface area contributed by atoms with Crippen molar-refractivity contribution in [2.24, 2.45) is 0 Å². The first-order chi connectivity index (χ1) is 11.2. The molecule has 1 aromatic carbocycles. The second-order valence-electron chi connectivity index (χ2n) is 4.72. The Morgan fingerprint density at radius 3 is 2.43 bits per heavy atom. The van der Waals surface area contributed by atoms with E-state index in [2.05, 4.69) is 27.8 Å². The second-order valence-corrected chi connectivity index (χ2v) is 4.72. The fraction of sp³-hybridized carbons (Fsp3) is 0.312. The molecule has 0 atom stereocenters. The summed E-state index contributed by atoms with van der Waals surface area (Å²) < 4.78 is 10.6. The number of nitrogens with zero attached hydrogens (tertiary/aromatic N) is 2. The maximum absolute atomic E-state index is 11.9. The molecule has 23 heavy (non-hydrogen) atoms. The van der Waals surface area contributed by atoms with Crippen molar-refractivity contribution in [3.8, 4) is 11.5 Å². The lowest BCUT2D eigenvalue weighted by atomic mass is 10.3. The third-order valence-electron chi connectivity index (χ3n) is 2.92. The van der Waals surface area contributed by atoms with Gasteiger partial charge in [-0.05, 0) is 30.7 Å². The molecule has 0 aliphatic rings. The Morgan fingerprint density at radius 1 is 1.09 bits per heavy atom. The zero-order valence-corrected chi connectivity index (χ0v) is 13.2. The van der Waals surface area contributed by atoms with Crippen molar-refractivity contribution in [2.45, 2.75) is 13.3 Å². The normalized spacial score (nSPS) is 10.0. The maximum atomic E-state index is 11.9. The molecule has 0 aliphatic carbocycles. The van der Waals surface area contributed by atoms with Crippen LogP contribution in [0.2, 0.25) is 0 Å². The van der Waals surface area contributed by atoms with Gasteiger partial charge in [-0.1, -0.05) is 19.1 Å². The van der Waals surface area contributed by atoms with Crippen LogP contribution in [0.15, 0.2) is 36.4 Å². The fourth-order valence-electron chi connectivity index (χ4n) is 1.81. The van der Waals surface area contributed by atoms with Gasteiger partial charge in [0, 0.05) is 6.54 Å². The van der Waals surface area contributed by atoms with Gasteiger partial charge >= 0.3 is 0 Å². The number of aromatic nitrogens is 2. The van der Waals surface area contributed by atoms with E-state index in [4.69, 9.17) is 9.47 Å². The first-order valence-electron chi connectivity index (χ1n) is 7.36. The van der Waals surface area contributed by atoms with E-state index < -0.39 is 0 Å². The summed E-state index contributed by atoms with van der Waals surface area (Å²) in [5, 5.41) is 13.6. The van der Waals surface area contributed by atoms with E-state index >= 15 is 0 Å². The van der Waals surface area contributed by atoms with E-state index in [9.17, 15) is 4.79 Å². The smallest absolute Gasteiger partial charge is 0.263 e. The molecule has 0 bridgehead atoms. The number of ether oxygens (including phenoxy) is 2. The van der Waals surface area contributed by atoms with Crippen LogP contribution >= 0.6 is 0 Å². The Labute approximate surface area is 135 Å². The van der Waals surface area contributed by atoms with Gasteiger partial charge in [0.15, 0.2) is 23.9 Å². The van der Waals surface area contributed by atoms with Crippen molar-refractivity contribution >= 4 is 17.5 Å². The minimum atomic E-state index is -0.320.